The van der Waals surface area contributed by atoms with Gasteiger partial charge in [-0.1, -0.05) is 44.7 Å². The summed E-state index contributed by atoms with van der Waals surface area (Å²) in [6.07, 6.45) is 7.66. The van der Waals surface area contributed by atoms with Gasteiger partial charge >= 0.3 is 0 Å². The Morgan fingerprint density at radius 2 is 1.80 bits per heavy atom. The molecule has 1 heterocycles. The zero-order valence-electron chi connectivity index (χ0n) is 17.9. The van der Waals surface area contributed by atoms with Crippen LogP contribution in [0, 0.1) is 23.4 Å². The molecule has 2 unspecified atom stereocenters. The van der Waals surface area contributed by atoms with Gasteiger partial charge in [-0.05, 0) is 55.9 Å². The molecule has 164 valence electrons. The minimum Gasteiger partial charge on any atom is -0.491 e. The topological polar surface area (TPSA) is 18.5 Å². The molecule has 1 aliphatic rings. The molecule has 3 rings (SSSR count). The third kappa shape index (κ3) is 5.37. The van der Waals surface area contributed by atoms with Crippen LogP contribution in [0.5, 0.6) is 5.75 Å². The van der Waals surface area contributed by atoms with Gasteiger partial charge in [-0.25, -0.2) is 8.78 Å². The molecule has 5 heteroatoms. The fourth-order valence-corrected chi connectivity index (χ4v) is 4.12. The average molecular weight is 421 g/mol. The van der Waals surface area contributed by atoms with Gasteiger partial charge in [0.1, 0.15) is 5.82 Å². The molecular weight excluding hydrogens is 389 g/mol. The third-order valence-corrected chi connectivity index (χ3v) is 5.84. The molecule has 1 aliphatic heterocycles. The van der Waals surface area contributed by atoms with Gasteiger partial charge in [0.05, 0.1) is 19.3 Å². The van der Waals surface area contributed by atoms with Gasteiger partial charge in [0.2, 0.25) is 5.82 Å². The first-order chi connectivity index (χ1) is 14.5. The van der Waals surface area contributed by atoms with Crippen molar-refractivity contribution in [2.45, 2.75) is 64.9 Å². The highest BCUT2D eigenvalue weighted by Gasteiger charge is 2.25. The lowest BCUT2D eigenvalue weighted by Gasteiger charge is -2.29. The molecular formula is C25H31F3O2. The maximum absolute atomic E-state index is 14.8. The van der Waals surface area contributed by atoms with Crippen molar-refractivity contribution in [1.29, 1.82) is 0 Å². The van der Waals surface area contributed by atoms with Crippen molar-refractivity contribution in [3.8, 4) is 16.9 Å². The Balaban J connectivity index is 1.66. The van der Waals surface area contributed by atoms with Crippen LogP contribution in [0.25, 0.3) is 11.1 Å². The van der Waals surface area contributed by atoms with Crippen LogP contribution in [0.4, 0.5) is 13.2 Å². The van der Waals surface area contributed by atoms with Crippen LogP contribution in [0.2, 0.25) is 0 Å². The molecule has 2 aromatic carbocycles. The van der Waals surface area contributed by atoms with Gasteiger partial charge in [-0.3, -0.25) is 0 Å². The summed E-state index contributed by atoms with van der Waals surface area (Å²) in [6, 6.07) is 7.29. The molecule has 2 nitrogen and oxygen atoms in total. The molecule has 0 bridgehead atoms. The van der Waals surface area contributed by atoms with E-state index in [1.165, 1.54) is 43.9 Å². The summed E-state index contributed by atoms with van der Waals surface area (Å²) in [4.78, 5) is 0. The Kier molecular flexibility index (Phi) is 8.20. The second-order valence-electron chi connectivity index (χ2n) is 8.02. The number of benzene rings is 2. The van der Waals surface area contributed by atoms with E-state index in [-0.39, 0.29) is 24.0 Å². The minimum atomic E-state index is -1.06. The van der Waals surface area contributed by atoms with Crippen molar-refractivity contribution in [2.75, 3.05) is 13.2 Å². The number of halogens is 3. The first-order valence-corrected chi connectivity index (χ1v) is 11.1. The van der Waals surface area contributed by atoms with E-state index >= 15 is 0 Å². The maximum atomic E-state index is 14.8. The second kappa shape index (κ2) is 10.9. The highest BCUT2D eigenvalue weighted by atomic mass is 19.2. The Morgan fingerprint density at radius 3 is 2.47 bits per heavy atom. The van der Waals surface area contributed by atoms with Gasteiger partial charge in [0, 0.05) is 11.1 Å². The Labute approximate surface area is 177 Å². The van der Waals surface area contributed by atoms with Crippen molar-refractivity contribution < 1.29 is 22.6 Å². The van der Waals surface area contributed by atoms with Crippen molar-refractivity contribution in [2.24, 2.45) is 5.92 Å². The zero-order valence-corrected chi connectivity index (χ0v) is 17.9. The van der Waals surface area contributed by atoms with Crippen LogP contribution in [0.3, 0.4) is 0 Å². The molecule has 0 N–H and O–H groups in total. The molecule has 0 radical (unpaired) electrons. The van der Waals surface area contributed by atoms with E-state index in [2.05, 4.69) is 6.92 Å². The summed E-state index contributed by atoms with van der Waals surface area (Å²) >= 11 is 0. The number of rotatable bonds is 9. The van der Waals surface area contributed by atoms with Gasteiger partial charge in [0.15, 0.2) is 11.6 Å². The molecule has 0 saturated carbocycles. The van der Waals surface area contributed by atoms with Gasteiger partial charge in [0.25, 0.3) is 0 Å². The summed E-state index contributed by atoms with van der Waals surface area (Å²) in [6.45, 7) is 4.78. The Bertz CT molecular complexity index is 829. The molecule has 2 atom stereocenters. The molecule has 0 amide bonds. The summed E-state index contributed by atoms with van der Waals surface area (Å²) in [7, 11) is 0. The van der Waals surface area contributed by atoms with Crippen LogP contribution in [-0.2, 0) is 4.74 Å². The van der Waals surface area contributed by atoms with Gasteiger partial charge in [-0.2, -0.15) is 4.39 Å². The van der Waals surface area contributed by atoms with Crippen molar-refractivity contribution in [3.05, 3.63) is 53.3 Å². The minimum absolute atomic E-state index is 0.0121. The second-order valence-corrected chi connectivity index (χ2v) is 8.02. The molecule has 2 aromatic rings. The van der Waals surface area contributed by atoms with Crippen LogP contribution < -0.4 is 4.74 Å². The monoisotopic (exact) mass is 420 g/mol. The quantitative estimate of drug-likeness (QED) is 0.389. The molecule has 0 aliphatic carbocycles. The molecule has 0 aromatic heterocycles. The summed E-state index contributed by atoms with van der Waals surface area (Å²) in [5, 5.41) is 0. The van der Waals surface area contributed by atoms with E-state index in [1.807, 2.05) is 0 Å². The highest BCUT2D eigenvalue weighted by molar-refractivity contribution is 5.66. The largest absolute Gasteiger partial charge is 0.491 e. The first-order valence-electron chi connectivity index (χ1n) is 11.1. The van der Waals surface area contributed by atoms with E-state index in [1.54, 1.807) is 19.1 Å². The summed E-state index contributed by atoms with van der Waals surface area (Å²) in [5.74, 6) is -2.14. The van der Waals surface area contributed by atoms with E-state index in [0.29, 0.717) is 23.7 Å². The molecule has 30 heavy (non-hydrogen) atoms. The van der Waals surface area contributed by atoms with Crippen LogP contribution >= 0.6 is 0 Å². The van der Waals surface area contributed by atoms with Crippen LogP contribution in [0.1, 0.15) is 70.5 Å². The normalized spacial score (nSPS) is 19.1. The van der Waals surface area contributed by atoms with E-state index in [4.69, 9.17) is 9.47 Å². The average Bonchev–Trinajstić information content (AvgIpc) is 2.75. The fourth-order valence-electron chi connectivity index (χ4n) is 4.12. The Hall–Kier alpha value is -2.01. The molecule has 1 fully saturated rings. The Morgan fingerprint density at radius 1 is 0.967 bits per heavy atom. The predicted molar refractivity (Wildman–Crippen MR) is 113 cm³/mol. The molecule has 0 spiro atoms. The fraction of sp³-hybridized carbons (Fsp3) is 0.520. The lowest BCUT2D eigenvalue weighted by atomic mass is 9.90. The van der Waals surface area contributed by atoms with E-state index in [0.717, 1.165) is 19.3 Å². The lowest BCUT2D eigenvalue weighted by molar-refractivity contribution is -0.0215. The number of ether oxygens (including phenoxy) is 2. The lowest BCUT2D eigenvalue weighted by Crippen LogP contribution is -2.21. The highest BCUT2D eigenvalue weighted by Crippen LogP contribution is 2.36. The first kappa shape index (κ1) is 22.7. The summed E-state index contributed by atoms with van der Waals surface area (Å²) < 4.78 is 54.5. The smallest absolute Gasteiger partial charge is 0.201 e. The van der Waals surface area contributed by atoms with Crippen molar-refractivity contribution in [3.63, 3.8) is 0 Å². The number of hydrogen-bond acceptors (Lipinski definition) is 2. The van der Waals surface area contributed by atoms with Crippen LogP contribution in [0.15, 0.2) is 30.3 Å². The van der Waals surface area contributed by atoms with Gasteiger partial charge in [-0.15, -0.1) is 0 Å². The summed E-state index contributed by atoms with van der Waals surface area (Å²) in [5.41, 5.74) is 0.786. The predicted octanol–water partition coefficient (Wildman–Crippen LogP) is 7.61. The van der Waals surface area contributed by atoms with E-state index < -0.39 is 17.5 Å². The van der Waals surface area contributed by atoms with Crippen LogP contribution in [-0.4, -0.2) is 13.2 Å². The van der Waals surface area contributed by atoms with E-state index in [9.17, 15) is 13.2 Å². The number of hydrogen-bond donors (Lipinski definition) is 0. The molecule has 1 saturated heterocycles. The van der Waals surface area contributed by atoms with Crippen molar-refractivity contribution in [1.82, 2.24) is 0 Å². The van der Waals surface area contributed by atoms with Crippen molar-refractivity contribution >= 4 is 0 Å². The standard InChI is InChI=1S/C25H31F3O2/c1-3-5-6-7-8-17-9-13-22(30-16-17)20-11-10-18(15-21(20)26)19-12-14-23(29-4-2)25(28)24(19)27/h10-12,14-15,17,22H,3-9,13,16H2,1-2H3. The maximum Gasteiger partial charge on any atom is 0.201 e. The zero-order chi connectivity index (χ0) is 21.5. The number of unbranched alkanes of at least 4 members (excludes halogenated alkanes) is 3. The third-order valence-electron chi connectivity index (χ3n) is 5.84. The van der Waals surface area contributed by atoms with Gasteiger partial charge < -0.3 is 9.47 Å². The SMILES string of the molecule is CCCCCCC1CCC(c2ccc(-c3ccc(OCC)c(F)c3F)cc2F)OC1.